The van der Waals surface area contributed by atoms with Crippen LogP contribution in [0.25, 0.3) is 16.2 Å². The Labute approximate surface area is 125 Å². The number of rotatable bonds is 4. The summed E-state index contributed by atoms with van der Waals surface area (Å²) >= 11 is 1.69. The molecule has 0 radical (unpaired) electrons. The summed E-state index contributed by atoms with van der Waals surface area (Å²) in [6, 6.07) is 14.0. The lowest BCUT2D eigenvalue weighted by Crippen LogP contribution is -2.02. The van der Waals surface area contributed by atoms with Crippen LogP contribution in [0, 0.1) is 0 Å². The highest BCUT2D eigenvalue weighted by molar-refractivity contribution is 7.13. The van der Waals surface area contributed by atoms with Gasteiger partial charge in [0.25, 0.3) is 0 Å². The van der Waals surface area contributed by atoms with E-state index in [1.165, 1.54) is 0 Å². The van der Waals surface area contributed by atoms with Gasteiger partial charge >= 0.3 is 0 Å². The summed E-state index contributed by atoms with van der Waals surface area (Å²) in [6.07, 6.45) is 3.70. The summed E-state index contributed by atoms with van der Waals surface area (Å²) in [5.74, 6) is 1.89. The van der Waals surface area contributed by atoms with Gasteiger partial charge in [0.15, 0.2) is 0 Å². The number of aromatic nitrogens is 2. The van der Waals surface area contributed by atoms with Gasteiger partial charge in [-0.3, -0.25) is 4.40 Å². The van der Waals surface area contributed by atoms with E-state index in [4.69, 9.17) is 9.40 Å². The number of nitrogens with one attached hydrogen (secondary N) is 1. The minimum absolute atomic E-state index is 0.633. The third kappa shape index (κ3) is 2.21. The molecule has 21 heavy (non-hydrogen) atoms. The molecule has 0 bridgehead atoms. The molecule has 1 N–H and O–H groups in total. The Morgan fingerprint density at radius 1 is 1.14 bits per heavy atom. The smallest absolute Gasteiger partial charge is 0.140 e. The quantitative estimate of drug-likeness (QED) is 0.611. The molecule has 4 rings (SSSR count). The first-order valence-corrected chi connectivity index (χ1v) is 7.57. The van der Waals surface area contributed by atoms with Crippen molar-refractivity contribution in [3.8, 4) is 10.6 Å². The van der Waals surface area contributed by atoms with Crippen molar-refractivity contribution in [1.82, 2.24) is 9.38 Å². The maximum atomic E-state index is 5.38. The van der Waals surface area contributed by atoms with Crippen LogP contribution in [0.5, 0.6) is 0 Å². The van der Waals surface area contributed by atoms with Crippen LogP contribution in [0.3, 0.4) is 0 Å². The number of nitrogens with zero attached hydrogens (tertiary/aromatic N) is 2. The first kappa shape index (κ1) is 12.2. The molecule has 0 saturated heterocycles. The fourth-order valence-corrected chi connectivity index (χ4v) is 3.05. The van der Waals surface area contributed by atoms with Gasteiger partial charge in [0, 0.05) is 6.20 Å². The topological polar surface area (TPSA) is 42.5 Å². The van der Waals surface area contributed by atoms with E-state index in [-0.39, 0.29) is 0 Å². The van der Waals surface area contributed by atoms with Crippen molar-refractivity contribution in [2.75, 3.05) is 5.32 Å². The van der Waals surface area contributed by atoms with E-state index in [1.54, 1.807) is 17.6 Å². The molecule has 0 aromatic carbocycles. The Kier molecular flexibility index (Phi) is 2.97. The average molecular weight is 295 g/mol. The van der Waals surface area contributed by atoms with Crippen LogP contribution in [0.1, 0.15) is 5.76 Å². The van der Waals surface area contributed by atoms with Gasteiger partial charge in [0.1, 0.15) is 22.9 Å². The minimum atomic E-state index is 0.633. The molecule has 0 aliphatic rings. The van der Waals surface area contributed by atoms with Gasteiger partial charge < -0.3 is 9.73 Å². The first-order valence-electron chi connectivity index (χ1n) is 6.69. The van der Waals surface area contributed by atoms with Crippen LogP contribution in [0.2, 0.25) is 0 Å². The Balaban J connectivity index is 1.79. The van der Waals surface area contributed by atoms with Crippen LogP contribution >= 0.6 is 11.3 Å². The van der Waals surface area contributed by atoms with Gasteiger partial charge in [-0.2, -0.15) is 0 Å². The molecule has 0 aliphatic carbocycles. The van der Waals surface area contributed by atoms with Crippen molar-refractivity contribution in [2.24, 2.45) is 0 Å². The SMILES string of the molecule is c1coc(CNc2c(-c3cccs3)nc3ccccn23)c1. The largest absolute Gasteiger partial charge is 0.467 e. The zero-order chi connectivity index (χ0) is 14.1. The van der Waals surface area contributed by atoms with E-state index in [0.29, 0.717) is 6.54 Å². The summed E-state index contributed by atoms with van der Waals surface area (Å²) in [4.78, 5) is 5.89. The second-order valence-electron chi connectivity index (χ2n) is 4.65. The van der Waals surface area contributed by atoms with Gasteiger partial charge in [-0.05, 0) is 35.7 Å². The number of hydrogen-bond acceptors (Lipinski definition) is 4. The normalized spacial score (nSPS) is 11.0. The van der Waals surface area contributed by atoms with Crippen molar-refractivity contribution in [1.29, 1.82) is 0 Å². The highest BCUT2D eigenvalue weighted by Gasteiger charge is 2.14. The van der Waals surface area contributed by atoms with Crippen molar-refractivity contribution in [3.63, 3.8) is 0 Å². The van der Waals surface area contributed by atoms with Crippen molar-refractivity contribution < 1.29 is 4.42 Å². The number of hydrogen-bond donors (Lipinski definition) is 1. The molecular weight excluding hydrogens is 282 g/mol. The molecule has 0 atom stereocenters. The highest BCUT2D eigenvalue weighted by atomic mass is 32.1. The molecule has 4 aromatic heterocycles. The van der Waals surface area contributed by atoms with Gasteiger partial charge in [-0.15, -0.1) is 11.3 Å². The molecule has 104 valence electrons. The monoisotopic (exact) mass is 295 g/mol. The van der Waals surface area contributed by atoms with Crippen molar-refractivity contribution in [3.05, 3.63) is 66.1 Å². The summed E-state index contributed by atoms with van der Waals surface area (Å²) < 4.78 is 7.45. The number of thiophene rings is 1. The maximum Gasteiger partial charge on any atom is 0.140 e. The van der Waals surface area contributed by atoms with E-state index >= 15 is 0 Å². The third-order valence-electron chi connectivity index (χ3n) is 3.29. The fourth-order valence-electron chi connectivity index (χ4n) is 2.33. The van der Waals surface area contributed by atoms with E-state index in [9.17, 15) is 0 Å². The van der Waals surface area contributed by atoms with Crippen molar-refractivity contribution >= 4 is 22.8 Å². The molecule has 0 amide bonds. The van der Waals surface area contributed by atoms with Gasteiger partial charge in [0.05, 0.1) is 17.7 Å². The fraction of sp³-hybridized carbons (Fsp3) is 0.0625. The van der Waals surface area contributed by atoms with Crippen LogP contribution in [-0.2, 0) is 6.54 Å². The van der Waals surface area contributed by atoms with E-state index in [2.05, 4.69) is 21.2 Å². The second-order valence-corrected chi connectivity index (χ2v) is 5.60. The molecular formula is C16H13N3OS. The van der Waals surface area contributed by atoms with Crippen LogP contribution < -0.4 is 5.32 Å². The van der Waals surface area contributed by atoms with Crippen LogP contribution in [0.15, 0.2) is 64.7 Å². The maximum absolute atomic E-state index is 5.38. The van der Waals surface area contributed by atoms with E-state index in [0.717, 1.165) is 27.8 Å². The molecule has 4 aromatic rings. The number of imidazole rings is 1. The average Bonchev–Trinajstić information content (AvgIpc) is 3.25. The summed E-state index contributed by atoms with van der Waals surface area (Å²) in [6.45, 7) is 0.633. The zero-order valence-corrected chi connectivity index (χ0v) is 12.0. The Hall–Kier alpha value is -2.53. The zero-order valence-electron chi connectivity index (χ0n) is 11.2. The lowest BCUT2D eigenvalue weighted by molar-refractivity contribution is 0.518. The number of pyridine rings is 1. The number of fused-ring (bicyclic) bond motifs is 1. The molecule has 5 heteroatoms. The molecule has 0 fully saturated rings. The first-order chi connectivity index (χ1) is 10.4. The van der Waals surface area contributed by atoms with E-state index < -0.39 is 0 Å². The summed E-state index contributed by atoms with van der Waals surface area (Å²) in [7, 11) is 0. The van der Waals surface area contributed by atoms with Gasteiger partial charge in [-0.1, -0.05) is 12.1 Å². The molecule has 0 spiro atoms. The standard InChI is InChI=1S/C16H13N3OS/c1-2-8-19-14(7-1)18-15(13-6-4-10-21-13)16(19)17-11-12-5-3-9-20-12/h1-10,17H,11H2. The third-order valence-corrected chi connectivity index (χ3v) is 4.17. The van der Waals surface area contributed by atoms with Crippen molar-refractivity contribution in [2.45, 2.75) is 6.54 Å². The van der Waals surface area contributed by atoms with Crippen LogP contribution in [-0.4, -0.2) is 9.38 Å². The predicted octanol–water partition coefficient (Wildman–Crippen LogP) is 4.27. The molecule has 4 nitrogen and oxygen atoms in total. The molecule has 4 heterocycles. The predicted molar refractivity (Wildman–Crippen MR) is 84.5 cm³/mol. The van der Waals surface area contributed by atoms with Gasteiger partial charge in [0.2, 0.25) is 0 Å². The lowest BCUT2D eigenvalue weighted by atomic mass is 10.3. The summed E-state index contributed by atoms with van der Waals surface area (Å²) in [5.41, 5.74) is 1.91. The molecule has 0 aliphatic heterocycles. The second kappa shape index (κ2) is 5.10. The Bertz CT molecular complexity index is 847. The highest BCUT2D eigenvalue weighted by Crippen LogP contribution is 2.32. The lowest BCUT2D eigenvalue weighted by Gasteiger charge is -2.06. The van der Waals surface area contributed by atoms with Gasteiger partial charge in [-0.25, -0.2) is 4.98 Å². The van der Waals surface area contributed by atoms with Crippen LogP contribution in [0.4, 0.5) is 5.82 Å². The number of anilines is 1. The number of furan rings is 1. The van der Waals surface area contributed by atoms with E-state index in [1.807, 2.05) is 42.6 Å². The molecule has 0 saturated carbocycles. The Morgan fingerprint density at radius 2 is 2.14 bits per heavy atom. The Morgan fingerprint density at radius 3 is 2.95 bits per heavy atom. The summed E-state index contributed by atoms with van der Waals surface area (Å²) in [5, 5.41) is 5.51. The minimum Gasteiger partial charge on any atom is -0.467 e. The molecule has 0 unspecified atom stereocenters.